The number of allylic oxidation sites excluding steroid dienone is 1. The molecule has 1 aromatic heterocycles. The van der Waals surface area contributed by atoms with E-state index in [2.05, 4.69) is 22.1 Å². The van der Waals surface area contributed by atoms with Crippen LogP contribution in [0.15, 0.2) is 54.2 Å². The Morgan fingerprint density at radius 3 is 2.85 bits per heavy atom. The number of hydrogen-bond acceptors (Lipinski definition) is 7. The van der Waals surface area contributed by atoms with E-state index in [1.54, 1.807) is 6.08 Å². The van der Waals surface area contributed by atoms with E-state index in [0.29, 0.717) is 17.5 Å². The number of thioether (sulfide) groups is 1. The Balaban J connectivity index is 1.66. The van der Waals surface area contributed by atoms with E-state index in [0.717, 1.165) is 16.9 Å². The Hall–Kier alpha value is -3.37. The van der Waals surface area contributed by atoms with Crippen molar-refractivity contribution in [3.05, 3.63) is 81.1 Å². The van der Waals surface area contributed by atoms with Gasteiger partial charge in [-0.2, -0.15) is 0 Å². The van der Waals surface area contributed by atoms with Crippen molar-refractivity contribution in [2.75, 3.05) is 11.1 Å². The lowest BCUT2D eigenvalue weighted by molar-refractivity contribution is -0.384. The summed E-state index contributed by atoms with van der Waals surface area (Å²) in [6.07, 6.45) is 1.71. The molecule has 1 N–H and O–H groups in total. The molecule has 0 bridgehead atoms. The molecule has 9 nitrogen and oxygen atoms in total. The van der Waals surface area contributed by atoms with Gasteiger partial charge < -0.3 is 10.1 Å². The Morgan fingerprint density at radius 2 is 2.12 bits per heavy atom. The Bertz CT molecular complexity index is 1200. The number of anilines is 1. The molecule has 0 saturated carbocycles. The Morgan fingerprint density at radius 1 is 1.33 bits per heavy atom. The van der Waals surface area contributed by atoms with E-state index >= 15 is 0 Å². The molecule has 0 aliphatic rings. The number of hydrogen-bond donors (Lipinski definition) is 1. The molecule has 0 saturated heterocycles. The largest absolute Gasteiger partial charge is 0.485 e. The number of aromatic nitrogens is 3. The molecule has 1 amide bonds. The Kier molecular flexibility index (Phi) is 8.07. The first-order chi connectivity index (χ1) is 15.8. The van der Waals surface area contributed by atoms with Gasteiger partial charge in [0.05, 0.1) is 21.4 Å². The van der Waals surface area contributed by atoms with Gasteiger partial charge >= 0.3 is 0 Å². The predicted molar refractivity (Wildman–Crippen MR) is 128 cm³/mol. The van der Waals surface area contributed by atoms with Crippen LogP contribution in [0.1, 0.15) is 17.0 Å². The van der Waals surface area contributed by atoms with Crippen LogP contribution >= 0.6 is 23.4 Å². The zero-order valence-electron chi connectivity index (χ0n) is 18.1. The lowest BCUT2D eigenvalue weighted by atomic mass is 10.1. The molecule has 0 fully saturated rings. The molecule has 3 rings (SSSR count). The highest BCUT2D eigenvalue weighted by atomic mass is 35.5. The third-order valence-electron chi connectivity index (χ3n) is 4.78. The maximum Gasteiger partial charge on any atom is 0.271 e. The van der Waals surface area contributed by atoms with E-state index in [-0.39, 0.29) is 34.7 Å². The first-order valence-electron chi connectivity index (χ1n) is 9.88. The first kappa shape index (κ1) is 24.3. The molecule has 0 radical (unpaired) electrons. The number of rotatable bonds is 10. The van der Waals surface area contributed by atoms with E-state index in [9.17, 15) is 14.9 Å². The molecule has 11 heteroatoms. The van der Waals surface area contributed by atoms with Crippen molar-refractivity contribution < 1.29 is 14.5 Å². The van der Waals surface area contributed by atoms with Crippen LogP contribution in [0.2, 0.25) is 5.02 Å². The normalized spacial score (nSPS) is 10.6. The second-order valence-corrected chi connectivity index (χ2v) is 8.39. The maximum absolute atomic E-state index is 12.4. The number of aryl methyl sites for hydroxylation is 1. The van der Waals surface area contributed by atoms with E-state index < -0.39 is 4.92 Å². The molecular formula is C22H22ClN5O4S. The van der Waals surface area contributed by atoms with Crippen LogP contribution in [0.4, 0.5) is 11.4 Å². The summed E-state index contributed by atoms with van der Waals surface area (Å²) < 4.78 is 7.75. The van der Waals surface area contributed by atoms with Crippen molar-refractivity contribution in [1.29, 1.82) is 0 Å². The van der Waals surface area contributed by atoms with E-state index in [4.69, 9.17) is 16.3 Å². The average molecular weight is 488 g/mol. The third kappa shape index (κ3) is 6.11. The minimum Gasteiger partial charge on any atom is -0.485 e. The number of nitro groups is 1. The van der Waals surface area contributed by atoms with Gasteiger partial charge in [0.2, 0.25) is 5.91 Å². The standard InChI is InChI=1S/C22H22ClN5O4S/c1-4-10-27-20(12-32-19-7-5-6-14(2)15(19)3)25-26-22(27)33-13-21(29)24-18-11-16(28(30)31)8-9-17(18)23/h4-9,11H,1,10,12-13H2,2-3H3,(H,24,29). The number of nitrogens with zero attached hydrogens (tertiary/aromatic N) is 4. The Labute approximate surface area is 200 Å². The number of benzene rings is 2. The fourth-order valence-electron chi connectivity index (χ4n) is 2.91. The van der Waals surface area contributed by atoms with Gasteiger partial charge in [-0.15, -0.1) is 16.8 Å². The van der Waals surface area contributed by atoms with Gasteiger partial charge in [-0.3, -0.25) is 19.5 Å². The second kappa shape index (κ2) is 11.0. The van der Waals surface area contributed by atoms with Gasteiger partial charge in [0, 0.05) is 18.7 Å². The van der Waals surface area contributed by atoms with Crippen molar-refractivity contribution in [2.24, 2.45) is 0 Å². The molecule has 172 valence electrons. The van der Waals surface area contributed by atoms with Gasteiger partial charge in [-0.1, -0.05) is 41.6 Å². The number of carbonyl (C=O) groups excluding carboxylic acids is 1. The molecule has 0 aliphatic carbocycles. The van der Waals surface area contributed by atoms with Crippen LogP contribution in [0.25, 0.3) is 0 Å². The van der Waals surface area contributed by atoms with Crippen LogP contribution in [0.5, 0.6) is 5.75 Å². The maximum atomic E-state index is 12.4. The number of nitro benzene ring substituents is 1. The van der Waals surface area contributed by atoms with Gasteiger partial charge in [0.25, 0.3) is 5.69 Å². The van der Waals surface area contributed by atoms with Crippen molar-refractivity contribution in [3.8, 4) is 5.75 Å². The number of amides is 1. The molecule has 0 aliphatic heterocycles. The third-order valence-corrected chi connectivity index (χ3v) is 6.08. The highest BCUT2D eigenvalue weighted by molar-refractivity contribution is 7.99. The molecule has 33 heavy (non-hydrogen) atoms. The SMILES string of the molecule is C=CCn1c(COc2cccc(C)c2C)nnc1SCC(=O)Nc1cc([N+](=O)[O-])ccc1Cl. The van der Waals surface area contributed by atoms with Crippen LogP contribution in [-0.2, 0) is 17.9 Å². The summed E-state index contributed by atoms with van der Waals surface area (Å²) in [4.78, 5) is 22.8. The van der Waals surface area contributed by atoms with Gasteiger partial charge in [0.15, 0.2) is 11.0 Å². The number of ether oxygens (including phenoxy) is 1. The summed E-state index contributed by atoms with van der Waals surface area (Å²) in [5.74, 6) is 0.987. The van der Waals surface area contributed by atoms with Crippen LogP contribution in [-0.4, -0.2) is 31.3 Å². The fraction of sp³-hybridized carbons (Fsp3) is 0.227. The average Bonchev–Trinajstić information content (AvgIpc) is 3.16. The number of nitrogens with one attached hydrogen (secondary N) is 1. The van der Waals surface area contributed by atoms with Gasteiger partial charge in [-0.05, 0) is 37.1 Å². The predicted octanol–water partition coefficient (Wildman–Crippen LogP) is 4.95. The molecule has 2 aromatic carbocycles. The van der Waals surface area contributed by atoms with Gasteiger partial charge in [-0.25, -0.2) is 0 Å². The summed E-state index contributed by atoms with van der Waals surface area (Å²) in [6.45, 7) is 8.43. The second-order valence-electron chi connectivity index (χ2n) is 7.04. The fourth-order valence-corrected chi connectivity index (χ4v) is 3.84. The smallest absolute Gasteiger partial charge is 0.271 e. The molecule has 0 spiro atoms. The van der Waals surface area contributed by atoms with Crippen molar-refractivity contribution in [2.45, 2.75) is 32.2 Å². The molecular weight excluding hydrogens is 466 g/mol. The lowest BCUT2D eigenvalue weighted by Gasteiger charge is -2.12. The van der Waals surface area contributed by atoms with Crippen molar-refractivity contribution >= 4 is 40.6 Å². The van der Waals surface area contributed by atoms with E-state index in [1.807, 2.05) is 36.6 Å². The zero-order chi connectivity index (χ0) is 24.0. The molecule has 0 atom stereocenters. The molecule has 0 unspecified atom stereocenters. The first-order valence-corrected chi connectivity index (χ1v) is 11.2. The number of non-ortho nitro benzene ring substituents is 1. The monoisotopic (exact) mass is 487 g/mol. The molecule has 1 heterocycles. The summed E-state index contributed by atoms with van der Waals surface area (Å²) in [7, 11) is 0. The minimum atomic E-state index is -0.555. The van der Waals surface area contributed by atoms with Crippen molar-refractivity contribution in [1.82, 2.24) is 14.8 Å². The summed E-state index contributed by atoms with van der Waals surface area (Å²) >= 11 is 7.22. The topological polar surface area (TPSA) is 112 Å². The highest BCUT2D eigenvalue weighted by Gasteiger charge is 2.16. The molecule has 3 aromatic rings. The summed E-state index contributed by atoms with van der Waals surface area (Å²) in [5.41, 5.74) is 2.19. The van der Waals surface area contributed by atoms with Crippen molar-refractivity contribution in [3.63, 3.8) is 0 Å². The number of carbonyl (C=O) groups is 1. The van der Waals surface area contributed by atoms with E-state index in [1.165, 1.54) is 30.0 Å². The quantitative estimate of drug-likeness (QED) is 0.186. The van der Waals surface area contributed by atoms with Crippen LogP contribution in [0, 0.1) is 24.0 Å². The summed E-state index contributed by atoms with van der Waals surface area (Å²) in [5, 5.41) is 22.6. The minimum absolute atomic E-state index is 0.00609. The number of halogens is 1. The lowest BCUT2D eigenvalue weighted by Crippen LogP contribution is -2.15. The van der Waals surface area contributed by atoms with Crippen LogP contribution in [0.3, 0.4) is 0 Å². The van der Waals surface area contributed by atoms with Gasteiger partial charge in [0.1, 0.15) is 12.4 Å². The zero-order valence-corrected chi connectivity index (χ0v) is 19.7. The summed E-state index contributed by atoms with van der Waals surface area (Å²) in [6, 6.07) is 9.70. The highest BCUT2D eigenvalue weighted by Crippen LogP contribution is 2.27. The van der Waals surface area contributed by atoms with Crippen LogP contribution < -0.4 is 10.1 Å².